The number of benzene rings is 2. The highest BCUT2D eigenvalue weighted by molar-refractivity contribution is 5.79. The highest BCUT2D eigenvalue weighted by Gasteiger charge is 2.09. The first-order chi connectivity index (χ1) is 11.6. The molecule has 0 saturated heterocycles. The second-order valence-corrected chi connectivity index (χ2v) is 6.53. The van der Waals surface area contributed by atoms with Crippen molar-refractivity contribution in [2.75, 3.05) is 0 Å². The molecule has 0 fully saturated rings. The summed E-state index contributed by atoms with van der Waals surface area (Å²) in [4.78, 5) is 0. The molecule has 2 N–H and O–H groups in total. The van der Waals surface area contributed by atoms with E-state index < -0.39 is 0 Å². The van der Waals surface area contributed by atoms with Gasteiger partial charge in [0.25, 0.3) is 0 Å². The fraction of sp³-hybridized carbons (Fsp3) is 0.217. The van der Waals surface area contributed by atoms with E-state index in [1.165, 1.54) is 27.8 Å². The van der Waals surface area contributed by atoms with E-state index in [9.17, 15) is 0 Å². The summed E-state index contributed by atoms with van der Waals surface area (Å²) < 4.78 is 0. The molecule has 0 bridgehead atoms. The maximum Gasteiger partial charge on any atom is 0.0383 e. The fourth-order valence-corrected chi connectivity index (χ4v) is 3.15. The van der Waals surface area contributed by atoms with Gasteiger partial charge in [-0.15, -0.1) is 0 Å². The first-order valence-corrected chi connectivity index (χ1v) is 8.62. The fourth-order valence-electron chi connectivity index (χ4n) is 3.15. The molecule has 0 aromatic heterocycles. The minimum absolute atomic E-state index is 0.888. The van der Waals surface area contributed by atoms with Crippen LogP contribution in [0.5, 0.6) is 0 Å². The van der Waals surface area contributed by atoms with Gasteiger partial charge in [0.1, 0.15) is 0 Å². The van der Waals surface area contributed by atoms with Gasteiger partial charge in [0.15, 0.2) is 0 Å². The van der Waals surface area contributed by atoms with Crippen LogP contribution in [0.4, 0.5) is 0 Å². The SMILES string of the molecule is C/C(Cc1ccccc1)=C(/N)c1cc(C2=CCCC=C2)ccc1C. The van der Waals surface area contributed by atoms with Crippen molar-refractivity contribution in [1.29, 1.82) is 0 Å². The minimum Gasteiger partial charge on any atom is -0.398 e. The largest absolute Gasteiger partial charge is 0.398 e. The summed E-state index contributed by atoms with van der Waals surface area (Å²) in [5, 5.41) is 0. The van der Waals surface area contributed by atoms with Crippen LogP contribution in [0.15, 0.2) is 72.3 Å². The van der Waals surface area contributed by atoms with Gasteiger partial charge in [-0.05, 0) is 67.0 Å². The van der Waals surface area contributed by atoms with E-state index in [-0.39, 0.29) is 0 Å². The molecule has 2 aromatic rings. The normalized spacial score (nSPS) is 15.0. The first kappa shape index (κ1) is 16.3. The zero-order valence-corrected chi connectivity index (χ0v) is 14.5. The molecule has 1 heteroatoms. The summed E-state index contributed by atoms with van der Waals surface area (Å²) in [6, 6.07) is 17.1. The molecule has 3 rings (SSSR count). The van der Waals surface area contributed by atoms with Gasteiger partial charge in [-0.2, -0.15) is 0 Å². The van der Waals surface area contributed by atoms with Crippen LogP contribution in [0.1, 0.15) is 42.0 Å². The van der Waals surface area contributed by atoms with Gasteiger partial charge in [0.05, 0.1) is 0 Å². The highest BCUT2D eigenvalue weighted by atomic mass is 14.6. The second-order valence-electron chi connectivity index (χ2n) is 6.53. The lowest BCUT2D eigenvalue weighted by Crippen LogP contribution is -2.05. The van der Waals surface area contributed by atoms with Gasteiger partial charge in [-0.3, -0.25) is 0 Å². The highest BCUT2D eigenvalue weighted by Crippen LogP contribution is 2.27. The van der Waals surface area contributed by atoms with Crippen molar-refractivity contribution in [2.24, 2.45) is 5.73 Å². The average Bonchev–Trinajstić information content (AvgIpc) is 2.63. The van der Waals surface area contributed by atoms with Crippen molar-refractivity contribution in [3.8, 4) is 0 Å². The lowest BCUT2D eigenvalue weighted by Gasteiger charge is -2.14. The third-order valence-corrected chi connectivity index (χ3v) is 4.63. The topological polar surface area (TPSA) is 26.0 Å². The van der Waals surface area contributed by atoms with Crippen LogP contribution in [0.3, 0.4) is 0 Å². The predicted octanol–water partition coefficient (Wildman–Crippen LogP) is 5.66. The third-order valence-electron chi connectivity index (χ3n) is 4.63. The van der Waals surface area contributed by atoms with E-state index in [1.807, 2.05) is 6.07 Å². The summed E-state index contributed by atoms with van der Waals surface area (Å²) in [5.74, 6) is 0. The Morgan fingerprint density at radius 2 is 1.83 bits per heavy atom. The van der Waals surface area contributed by atoms with Gasteiger partial charge in [-0.25, -0.2) is 0 Å². The number of hydrogen-bond donors (Lipinski definition) is 1. The lowest BCUT2D eigenvalue weighted by molar-refractivity contribution is 1.04. The molecule has 0 aliphatic heterocycles. The van der Waals surface area contributed by atoms with Crippen molar-refractivity contribution in [3.05, 3.63) is 94.6 Å². The van der Waals surface area contributed by atoms with Crippen molar-refractivity contribution < 1.29 is 0 Å². The van der Waals surface area contributed by atoms with Crippen LogP contribution in [0.25, 0.3) is 11.3 Å². The molecule has 2 aromatic carbocycles. The van der Waals surface area contributed by atoms with Crippen molar-refractivity contribution in [3.63, 3.8) is 0 Å². The quantitative estimate of drug-likeness (QED) is 0.774. The van der Waals surface area contributed by atoms with E-state index in [1.54, 1.807) is 0 Å². The number of aryl methyl sites for hydroxylation is 1. The number of hydrogen-bond acceptors (Lipinski definition) is 1. The average molecular weight is 315 g/mol. The Bertz CT molecular complexity index is 807. The van der Waals surface area contributed by atoms with E-state index in [2.05, 4.69) is 74.5 Å². The Kier molecular flexibility index (Phi) is 5.00. The van der Waals surface area contributed by atoms with Gasteiger partial charge < -0.3 is 5.73 Å². The first-order valence-electron chi connectivity index (χ1n) is 8.62. The maximum atomic E-state index is 6.53. The summed E-state index contributed by atoms with van der Waals surface area (Å²) in [6.45, 7) is 4.26. The van der Waals surface area contributed by atoms with Crippen LogP contribution in [0, 0.1) is 6.92 Å². The number of nitrogens with two attached hydrogens (primary N) is 1. The molecule has 0 unspecified atom stereocenters. The van der Waals surface area contributed by atoms with Crippen LogP contribution in [-0.4, -0.2) is 0 Å². The molecule has 0 saturated carbocycles. The molecule has 1 aliphatic carbocycles. The minimum atomic E-state index is 0.888. The molecule has 1 aliphatic rings. The van der Waals surface area contributed by atoms with Gasteiger partial charge in [0.2, 0.25) is 0 Å². The molecular formula is C23H25N. The van der Waals surface area contributed by atoms with Crippen LogP contribution in [0.2, 0.25) is 0 Å². The second kappa shape index (κ2) is 7.35. The molecule has 24 heavy (non-hydrogen) atoms. The van der Waals surface area contributed by atoms with E-state index in [0.29, 0.717) is 0 Å². The van der Waals surface area contributed by atoms with Crippen LogP contribution < -0.4 is 5.73 Å². The molecule has 0 atom stereocenters. The number of allylic oxidation sites excluding steroid dienone is 5. The van der Waals surface area contributed by atoms with Crippen molar-refractivity contribution in [1.82, 2.24) is 0 Å². The van der Waals surface area contributed by atoms with E-state index in [0.717, 1.165) is 30.5 Å². The monoisotopic (exact) mass is 315 g/mol. The lowest BCUT2D eigenvalue weighted by atomic mass is 9.93. The zero-order chi connectivity index (χ0) is 16.9. The maximum absolute atomic E-state index is 6.53. The molecule has 1 nitrogen and oxygen atoms in total. The Hall–Kier alpha value is -2.54. The molecule has 0 heterocycles. The van der Waals surface area contributed by atoms with Gasteiger partial charge >= 0.3 is 0 Å². The number of rotatable bonds is 4. The summed E-state index contributed by atoms with van der Waals surface area (Å²) >= 11 is 0. The van der Waals surface area contributed by atoms with Gasteiger partial charge in [-0.1, -0.05) is 60.7 Å². The Labute approximate surface area is 145 Å². The summed E-state index contributed by atoms with van der Waals surface area (Å²) in [7, 11) is 0. The van der Waals surface area contributed by atoms with Crippen LogP contribution >= 0.6 is 0 Å². The van der Waals surface area contributed by atoms with Gasteiger partial charge in [0, 0.05) is 11.3 Å². The van der Waals surface area contributed by atoms with Crippen molar-refractivity contribution in [2.45, 2.75) is 33.1 Å². The summed E-state index contributed by atoms with van der Waals surface area (Å²) in [5.41, 5.74) is 14.9. The summed E-state index contributed by atoms with van der Waals surface area (Å²) in [6.07, 6.45) is 9.92. The Morgan fingerprint density at radius 1 is 1.04 bits per heavy atom. The molecule has 0 radical (unpaired) electrons. The van der Waals surface area contributed by atoms with E-state index in [4.69, 9.17) is 5.73 Å². The zero-order valence-electron chi connectivity index (χ0n) is 14.5. The Morgan fingerprint density at radius 3 is 2.54 bits per heavy atom. The van der Waals surface area contributed by atoms with E-state index >= 15 is 0 Å². The molecule has 0 spiro atoms. The Balaban J connectivity index is 1.93. The smallest absolute Gasteiger partial charge is 0.0383 e. The standard InChI is InChI=1S/C23H25N/c1-17-13-14-21(20-11-7-4-8-12-20)16-22(17)23(24)18(2)15-19-9-5-3-6-10-19/h3,5-7,9-14,16H,4,8,15,24H2,1-2H3/b23-18-. The van der Waals surface area contributed by atoms with Crippen molar-refractivity contribution >= 4 is 11.3 Å². The van der Waals surface area contributed by atoms with Crippen LogP contribution in [-0.2, 0) is 6.42 Å². The molecule has 122 valence electrons. The molecular weight excluding hydrogens is 290 g/mol. The predicted molar refractivity (Wildman–Crippen MR) is 104 cm³/mol. The molecule has 0 amide bonds. The third kappa shape index (κ3) is 3.68.